The summed E-state index contributed by atoms with van der Waals surface area (Å²) in [5.41, 5.74) is 3.67. The van der Waals surface area contributed by atoms with Gasteiger partial charge in [-0.2, -0.15) is 5.10 Å². The molecule has 0 aliphatic heterocycles. The maximum atomic E-state index is 12.1. The number of hydrogen-bond donors (Lipinski definition) is 1. The number of rotatable bonds is 7. The number of ether oxygens (including phenoxy) is 2. The summed E-state index contributed by atoms with van der Waals surface area (Å²) in [5, 5.41) is 4.56. The van der Waals surface area contributed by atoms with E-state index < -0.39 is 0 Å². The van der Waals surface area contributed by atoms with Crippen LogP contribution in [0.15, 0.2) is 47.6 Å². The Kier molecular flexibility index (Phi) is 6.83. The third-order valence-electron chi connectivity index (χ3n) is 3.13. The Balaban J connectivity index is 2.04. The van der Waals surface area contributed by atoms with Gasteiger partial charge in [0.1, 0.15) is 11.5 Å². The predicted octanol–water partition coefficient (Wildman–Crippen LogP) is 4.29. The van der Waals surface area contributed by atoms with Crippen LogP contribution in [-0.4, -0.2) is 24.8 Å². The smallest absolute Gasteiger partial charge is 0.271 e. The van der Waals surface area contributed by atoms with E-state index in [0.717, 1.165) is 5.75 Å². The molecule has 2 rings (SSSR count). The summed E-state index contributed by atoms with van der Waals surface area (Å²) >= 11 is 6.01. The van der Waals surface area contributed by atoms with Crippen LogP contribution in [0.4, 0.5) is 0 Å². The molecule has 132 valence electrons. The molecule has 0 aliphatic carbocycles. The van der Waals surface area contributed by atoms with Gasteiger partial charge in [-0.3, -0.25) is 4.79 Å². The van der Waals surface area contributed by atoms with Crippen LogP contribution >= 0.6 is 11.6 Å². The van der Waals surface area contributed by atoms with Gasteiger partial charge in [-0.1, -0.05) is 11.6 Å². The van der Waals surface area contributed by atoms with E-state index in [0.29, 0.717) is 28.5 Å². The number of carbonyl (C=O) groups is 1. The predicted molar refractivity (Wildman–Crippen MR) is 99.9 cm³/mol. The van der Waals surface area contributed by atoms with E-state index in [1.807, 2.05) is 20.8 Å². The number of nitrogens with zero attached hydrogens (tertiary/aromatic N) is 1. The first-order chi connectivity index (χ1) is 12.0. The molecule has 0 aliphatic rings. The van der Waals surface area contributed by atoms with Crippen molar-refractivity contribution in [2.45, 2.75) is 26.9 Å². The minimum atomic E-state index is -0.312. The van der Waals surface area contributed by atoms with Crippen molar-refractivity contribution in [3.63, 3.8) is 0 Å². The molecule has 0 bridgehead atoms. The Morgan fingerprint density at radius 2 is 1.96 bits per heavy atom. The number of hydrogen-bond acceptors (Lipinski definition) is 4. The number of carbonyl (C=O) groups excluding carboxylic acids is 1. The van der Waals surface area contributed by atoms with Crippen molar-refractivity contribution < 1.29 is 14.3 Å². The molecule has 5 nitrogen and oxygen atoms in total. The fourth-order valence-corrected chi connectivity index (χ4v) is 2.26. The summed E-state index contributed by atoms with van der Waals surface area (Å²) in [6, 6.07) is 12.1. The molecule has 0 spiro atoms. The number of amides is 1. The first-order valence-corrected chi connectivity index (χ1v) is 8.40. The van der Waals surface area contributed by atoms with Crippen LogP contribution < -0.4 is 14.9 Å². The second-order valence-electron chi connectivity index (χ2n) is 5.51. The molecule has 2 aromatic rings. The lowest BCUT2D eigenvalue weighted by Crippen LogP contribution is -2.17. The maximum absolute atomic E-state index is 12.1. The normalized spacial score (nSPS) is 10.9. The number of benzene rings is 2. The summed E-state index contributed by atoms with van der Waals surface area (Å²) in [6.07, 6.45) is 1.53. The molecular formula is C19H21ClN2O3. The van der Waals surface area contributed by atoms with E-state index in [1.165, 1.54) is 6.21 Å². The molecular weight excluding hydrogens is 340 g/mol. The van der Waals surface area contributed by atoms with Crippen LogP contribution in [-0.2, 0) is 0 Å². The third kappa shape index (κ3) is 5.80. The van der Waals surface area contributed by atoms with Gasteiger partial charge in [0.15, 0.2) is 0 Å². The molecule has 1 amide bonds. The Morgan fingerprint density at radius 3 is 2.60 bits per heavy atom. The highest BCUT2D eigenvalue weighted by molar-refractivity contribution is 6.30. The SMILES string of the molecule is CCOc1ccc(C(=O)N/N=C/c2cc(Cl)ccc2OC(C)C)cc1. The quantitative estimate of drug-likeness (QED) is 0.592. The minimum absolute atomic E-state index is 0.0202. The fraction of sp³-hybridized carbons (Fsp3) is 0.263. The average Bonchev–Trinajstić information content (AvgIpc) is 2.57. The monoisotopic (exact) mass is 360 g/mol. The third-order valence-corrected chi connectivity index (χ3v) is 3.37. The van der Waals surface area contributed by atoms with E-state index >= 15 is 0 Å². The van der Waals surface area contributed by atoms with E-state index in [-0.39, 0.29) is 12.0 Å². The van der Waals surface area contributed by atoms with Crippen molar-refractivity contribution in [3.8, 4) is 11.5 Å². The van der Waals surface area contributed by atoms with E-state index in [2.05, 4.69) is 10.5 Å². The summed E-state index contributed by atoms with van der Waals surface area (Å²) < 4.78 is 11.0. The van der Waals surface area contributed by atoms with Gasteiger partial charge in [0.2, 0.25) is 0 Å². The molecule has 0 radical (unpaired) electrons. The Hall–Kier alpha value is -2.53. The van der Waals surface area contributed by atoms with Crippen molar-refractivity contribution >= 4 is 23.7 Å². The van der Waals surface area contributed by atoms with Crippen molar-refractivity contribution in [2.75, 3.05) is 6.61 Å². The average molecular weight is 361 g/mol. The van der Waals surface area contributed by atoms with Crippen LogP contribution in [0.2, 0.25) is 5.02 Å². The summed E-state index contributed by atoms with van der Waals surface area (Å²) in [4.78, 5) is 12.1. The topological polar surface area (TPSA) is 59.9 Å². The van der Waals surface area contributed by atoms with Gasteiger partial charge in [0.05, 0.1) is 18.9 Å². The molecule has 0 heterocycles. The number of hydrazone groups is 1. The van der Waals surface area contributed by atoms with Crippen molar-refractivity contribution in [1.29, 1.82) is 0 Å². The Morgan fingerprint density at radius 1 is 1.24 bits per heavy atom. The molecule has 1 N–H and O–H groups in total. The van der Waals surface area contributed by atoms with Gasteiger partial charge in [-0.25, -0.2) is 5.43 Å². The van der Waals surface area contributed by atoms with Crippen molar-refractivity contribution in [3.05, 3.63) is 58.6 Å². The highest BCUT2D eigenvalue weighted by Crippen LogP contribution is 2.22. The largest absolute Gasteiger partial charge is 0.494 e. The Labute approximate surface area is 152 Å². The molecule has 25 heavy (non-hydrogen) atoms. The zero-order chi connectivity index (χ0) is 18.2. The molecule has 0 unspecified atom stereocenters. The van der Waals surface area contributed by atoms with E-state index in [9.17, 15) is 4.79 Å². The standard InChI is InChI=1S/C19H21ClN2O3/c1-4-24-17-8-5-14(6-9-17)19(23)22-21-12-15-11-16(20)7-10-18(15)25-13(2)3/h5-13H,4H2,1-3H3,(H,22,23)/b21-12+. The summed E-state index contributed by atoms with van der Waals surface area (Å²) in [6.45, 7) is 6.35. The van der Waals surface area contributed by atoms with Gasteiger partial charge in [-0.15, -0.1) is 0 Å². The van der Waals surface area contributed by atoms with Crippen molar-refractivity contribution in [1.82, 2.24) is 5.43 Å². The first kappa shape index (κ1) is 18.8. The molecule has 0 atom stereocenters. The van der Waals surface area contributed by atoms with E-state index in [4.69, 9.17) is 21.1 Å². The molecule has 0 saturated heterocycles. The van der Waals surface area contributed by atoms with Gasteiger partial charge >= 0.3 is 0 Å². The summed E-state index contributed by atoms with van der Waals surface area (Å²) in [5.74, 6) is 1.06. The number of nitrogens with one attached hydrogen (secondary N) is 1. The highest BCUT2D eigenvalue weighted by atomic mass is 35.5. The lowest BCUT2D eigenvalue weighted by Gasteiger charge is -2.12. The van der Waals surface area contributed by atoms with Crippen LogP contribution in [0.3, 0.4) is 0 Å². The van der Waals surface area contributed by atoms with Crippen LogP contribution in [0.5, 0.6) is 11.5 Å². The second kappa shape index (κ2) is 9.08. The van der Waals surface area contributed by atoms with Gasteiger partial charge in [0, 0.05) is 16.1 Å². The number of halogens is 1. The van der Waals surface area contributed by atoms with Gasteiger partial charge < -0.3 is 9.47 Å². The van der Waals surface area contributed by atoms with E-state index in [1.54, 1.807) is 42.5 Å². The molecule has 2 aromatic carbocycles. The zero-order valence-corrected chi connectivity index (χ0v) is 15.2. The second-order valence-corrected chi connectivity index (χ2v) is 5.94. The van der Waals surface area contributed by atoms with Gasteiger partial charge in [-0.05, 0) is 63.2 Å². The molecule has 0 aromatic heterocycles. The molecule has 6 heteroatoms. The van der Waals surface area contributed by atoms with Crippen LogP contribution in [0, 0.1) is 0 Å². The molecule has 0 fully saturated rings. The minimum Gasteiger partial charge on any atom is -0.494 e. The maximum Gasteiger partial charge on any atom is 0.271 e. The first-order valence-electron chi connectivity index (χ1n) is 8.02. The summed E-state index contributed by atoms with van der Waals surface area (Å²) in [7, 11) is 0. The Bertz CT molecular complexity index is 743. The fourth-order valence-electron chi connectivity index (χ4n) is 2.08. The van der Waals surface area contributed by atoms with Gasteiger partial charge in [0.25, 0.3) is 5.91 Å². The van der Waals surface area contributed by atoms with Crippen molar-refractivity contribution in [2.24, 2.45) is 5.10 Å². The van der Waals surface area contributed by atoms with Crippen LogP contribution in [0.25, 0.3) is 0 Å². The van der Waals surface area contributed by atoms with Crippen LogP contribution in [0.1, 0.15) is 36.7 Å². The highest BCUT2D eigenvalue weighted by Gasteiger charge is 2.07. The zero-order valence-electron chi connectivity index (χ0n) is 14.5. The molecule has 0 saturated carbocycles. The lowest BCUT2D eigenvalue weighted by atomic mass is 10.2. The lowest BCUT2D eigenvalue weighted by molar-refractivity contribution is 0.0955.